The monoisotopic (exact) mass is 305 g/mol. The summed E-state index contributed by atoms with van der Waals surface area (Å²) in [6, 6.07) is 10.3. The predicted octanol–water partition coefficient (Wildman–Crippen LogP) is 2.77. The van der Waals surface area contributed by atoms with Crippen LogP contribution >= 0.6 is 11.8 Å². The first kappa shape index (κ1) is 15.2. The molecule has 1 aromatic heterocycles. The van der Waals surface area contributed by atoms with Gasteiger partial charge in [-0.05, 0) is 36.1 Å². The van der Waals surface area contributed by atoms with Gasteiger partial charge in [-0.2, -0.15) is 11.8 Å². The van der Waals surface area contributed by atoms with Gasteiger partial charge in [-0.25, -0.2) is 4.79 Å². The van der Waals surface area contributed by atoms with Gasteiger partial charge in [-0.15, -0.1) is 0 Å². The van der Waals surface area contributed by atoms with E-state index in [1.54, 1.807) is 23.9 Å². The molecule has 0 bridgehead atoms. The summed E-state index contributed by atoms with van der Waals surface area (Å²) in [7, 11) is 0. The zero-order valence-corrected chi connectivity index (χ0v) is 12.3. The standard InChI is InChI=1S/C15H15NO4S/c1-21-9-10-2-4-11(5-3-10)14(17)16-8-12-6-7-13(20-12)15(18)19/h2-7H,8-9H2,1H3,(H,16,17)(H,18,19). The molecule has 5 nitrogen and oxygen atoms in total. The Morgan fingerprint density at radius 3 is 2.48 bits per heavy atom. The van der Waals surface area contributed by atoms with Crippen molar-refractivity contribution in [2.45, 2.75) is 12.3 Å². The number of carboxylic acids is 1. The fourth-order valence-corrected chi connectivity index (χ4v) is 2.30. The zero-order chi connectivity index (χ0) is 15.2. The van der Waals surface area contributed by atoms with E-state index in [4.69, 9.17) is 9.52 Å². The highest BCUT2D eigenvalue weighted by molar-refractivity contribution is 7.97. The molecule has 1 amide bonds. The Labute approximate surface area is 126 Å². The van der Waals surface area contributed by atoms with Gasteiger partial charge in [0.25, 0.3) is 5.91 Å². The molecule has 0 aliphatic carbocycles. The number of hydrogen-bond donors (Lipinski definition) is 2. The van der Waals surface area contributed by atoms with Gasteiger partial charge < -0.3 is 14.8 Å². The van der Waals surface area contributed by atoms with Gasteiger partial charge in [0.1, 0.15) is 5.76 Å². The molecule has 0 aliphatic rings. The highest BCUT2D eigenvalue weighted by Gasteiger charge is 2.10. The maximum atomic E-state index is 12.0. The number of benzene rings is 1. The van der Waals surface area contributed by atoms with E-state index in [9.17, 15) is 9.59 Å². The largest absolute Gasteiger partial charge is 0.475 e. The summed E-state index contributed by atoms with van der Waals surface area (Å²) >= 11 is 1.72. The summed E-state index contributed by atoms with van der Waals surface area (Å²) in [5.41, 5.74) is 1.72. The van der Waals surface area contributed by atoms with Crippen molar-refractivity contribution >= 4 is 23.6 Å². The Balaban J connectivity index is 1.92. The minimum Gasteiger partial charge on any atom is -0.475 e. The molecular weight excluding hydrogens is 290 g/mol. The maximum absolute atomic E-state index is 12.0. The number of amides is 1. The molecule has 0 atom stereocenters. The highest BCUT2D eigenvalue weighted by Crippen LogP contribution is 2.11. The molecule has 0 unspecified atom stereocenters. The molecule has 0 spiro atoms. The normalized spacial score (nSPS) is 10.3. The molecule has 0 radical (unpaired) electrons. The molecule has 2 rings (SSSR count). The number of thioether (sulfide) groups is 1. The summed E-state index contributed by atoms with van der Waals surface area (Å²) in [6.07, 6.45) is 2.02. The Morgan fingerprint density at radius 1 is 1.19 bits per heavy atom. The number of carbonyl (C=O) groups excluding carboxylic acids is 1. The number of rotatable bonds is 6. The fourth-order valence-electron chi connectivity index (χ4n) is 1.78. The summed E-state index contributed by atoms with van der Waals surface area (Å²) in [5.74, 6) is -0.178. The van der Waals surface area contributed by atoms with Crippen molar-refractivity contribution in [2.75, 3.05) is 6.26 Å². The van der Waals surface area contributed by atoms with E-state index in [0.29, 0.717) is 11.3 Å². The molecule has 0 aliphatic heterocycles. The molecule has 110 valence electrons. The number of hydrogen-bond acceptors (Lipinski definition) is 4. The quantitative estimate of drug-likeness (QED) is 0.858. The first-order chi connectivity index (χ1) is 10.1. The van der Waals surface area contributed by atoms with Crippen molar-refractivity contribution in [2.24, 2.45) is 0 Å². The number of furan rings is 1. The summed E-state index contributed by atoms with van der Waals surface area (Å²) in [5, 5.41) is 11.4. The molecule has 1 aromatic carbocycles. The van der Waals surface area contributed by atoms with Crippen molar-refractivity contribution < 1.29 is 19.1 Å². The van der Waals surface area contributed by atoms with Crippen molar-refractivity contribution in [1.82, 2.24) is 5.32 Å². The third kappa shape index (κ3) is 4.13. The van der Waals surface area contributed by atoms with E-state index < -0.39 is 5.97 Å². The van der Waals surface area contributed by atoms with Gasteiger partial charge in [0.15, 0.2) is 0 Å². The minimum absolute atomic E-state index is 0.138. The molecule has 0 fully saturated rings. The molecule has 2 aromatic rings. The van der Waals surface area contributed by atoms with Crippen LogP contribution in [0.3, 0.4) is 0 Å². The lowest BCUT2D eigenvalue weighted by Crippen LogP contribution is -2.22. The topological polar surface area (TPSA) is 79.5 Å². The van der Waals surface area contributed by atoms with E-state index in [-0.39, 0.29) is 18.2 Å². The lowest BCUT2D eigenvalue weighted by molar-refractivity contribution is 0.0660. The number of carbonyl (C=O) groups is 2. The lowest BCUT2D eigenvalue weighted by Gasteiger charge is -2.04. The predicted molar refractivity (Wildman–Crippen MR) is 80.5 cm³/mol. The SMILES string of the molecule is CSCc1ccc(C(=O)NCc2ccc(C(=O)O)o2)cc1. The second-order valence-electron chi connectivity index (χ2n) is 4.38. The third-order valence-corrected chi connectivity index (χ3v) is 3.44. The van der Waals surface area contributed by atoms with Gasteiger partial charge in [-0.3, -0.25) is 4.79 Å². The van der Waals surface area contributed by atoms with E-state index in [1.165, 1.54) is 12.1 Å². The van der Waals surface area contributed by atoms with Crippen LogP contribution in [0.15, 0.2) is 40.8 Å². The van der Waals surface area contributed by atoms with Crippen LogP contribution in [0.1, 0.15) is 32.2 Å². The lowest BCUT2D eigenvalue weighted by atomic mass is 10.1. The van der Waals surface area contributed by atoms with Crippen molar-refractivity contribution in [3.05, 3.63) is 59.0 Å². The molecule has 1 heterocycles. The van der Waals surface area contributed by atoms with Crippen molar-refractivity contribution in [3.63, 3.8) is 0 Å². The first-order valence-electron chi connectivity index (χ1n) is 6.28. The van der Waals surface area contributed by atoms with Gasteiger partial charge in [0.2, 0.25) is 5.76 Å². The van der Waals surface area contributed by atoms with Gasteiger partial charge >= 0.3 is 5.97 Å². The van der Waals surface area contributed by atoms with Crippen LogP contribution in [-0.2, 0) is 12.3 Å². The van der Waals surface area contributed by atoms with E-state index >= 15 is 0 Å². The van der Waals surface area contributed by atoms with Gasteiger partial charge in [0, 0.05) is 11.3 Å². The van der Waals surface area contributed by atoms with Crippen LogP contribution in [0.25, 0.3) is 0 Å². The fraction of sp³-hybridized carbons (Fsp3) is 0.200. The smallest absolute Gasteiger partial charge is 0.371 e. The van der Waals surface area contributed by atoms with E-state index in [0.717, 1.165) is 11.3 Å². The van der Waals surface area contributed by atoms with Crippen molar-refractivity contribution in [1.29, 1.82) is 0 Å². The second kappa shape index (κ2) is 6.99. The molecule has 6 heteroatoms. The van der Waals surface area contributed by atoms with E-state index in [2.05, 4.69) is 5.32 Å². The summed E-state index contributed by atoms with van der Waals surface area (Å²) in [6.45, 7) is 0.151. The van der Waals surface area contributed by atoms with Gasteiger partial charge in [0.05, 0.1) is 6.54 Å². The zero-order valence-electron chi connectivity index (χ0n) is 11.5. The van der Waals surface area contributed by atoms with Crippen molar-refractivity contribution in [3.8, 4) is 0 Å². The molecule has 0 saturated carbocycles. The minimum atomic E-state index is -1.13. The molecule has 2 N–H and O–H groups in total. The maximum Gasteiger partial charge on any atom is 0.371 e. The van der Waals surface area contributed by atoms with Gasteiger partial charge in [-0.1, -0.05) is 12.1 Å². The molecule has 0 saturated heterocycles. The summed E-state index contributed by atoms with van der Waals surface area (Å²) in [4.78, 5) is 22.6. The third-order valence-electron chi connectivity index (χ3n) is 2.82. The van der Waals surface area contributed by atoms with Crippen LogP contribution < -0.4 is 5.32 Å². The van der Waals surface area contributed by atoms with Crippen LogP contribution in [-0.4, -0.2) is 23.2 Å². The number of carboxylic acid groups (broad SMARTS) is 1. The Hall–Kier alpha value is -2.21. The molecule has 21 heavy (non-hydrogen) atoms. The Kier molecular flexibility index (Phi) is 5.05. The second-order valence-corrected chi connectivity index (χ2v) is 5.25. The van der Waals surface area contributed by atoms with Crippen LogP contribution in [0.2, 0.25) is 0 Å². The Bertz CT molecular complexity index is 633. The van der Waals surface area contributed by atoms with Crippen LogP contribution in [0.4, 0.5) is 0 Å². The average Bonchev–Trinajstić information content (AvgIpc) is 2.95. The first-order valence-corrected chi connectivity index (χ1v) is 7.67. The van der Waals surface area contributed by atoms with E-state index in [1.807, 2.05) is 18.4 Å². The molecular formula is C15H15NO4S. The Morgan fingerprint density at radius 2 is 1.90 bits per heavy atom. The average molecular weight is 305 g/mol. The van der Waals surface area contributed by atoms with Crippen LogP contribution in [0.5, 0.6) is 0 Å². The number of nitrogens with one attached hydrogen (secondary N) is 1. The number of aromatic carboxylic acids is 1. The summed E-state index contributed by atoms with van der Waals surface area (Å²) < 4.78 is 5.07. The van der Waals surface area contributed by atoms with Crippen LogP contribution in [0, 0.1) is 0 Å². The highest BCUT2D eigenvalue weighted by atomic mass is 32.2.